The predicted molar refractivity (Wildman–Crippen MR) is 105 cm³/mol. The van der Waals surface area contributed by atoms with Crippen LogP contribution in [0.5, 0.6) is 5.75 Å². The lowest BCUT2D eigenvalue weighted by Crippen LogP contribution is -2.41. The smallest absolute Gasteiger partial charge is 0.312 e. The van der Waals surface area contributed by atoms with Crippen molar-refractivity contribution >= 4 is 11.4 Å². The average molecular weight is 425 g/mol. The molecule has 1 N–H and O–H groups in total. The molecule has 160 valence electrons. The van der Waals surface area contributed by atoms with Gasteiger partial charge >= 0.3 is 11.8 Å². The molecule has 11 heteroatoms. The standard InChI is InChI=1S/C20H20FN7O3/c1-20(2,21)19-25-24-17(31-19)18(29)27-8-6-11-15(23-10-22-11)16(27)12-9-13-14(30-3)5-4-7-28(13)26-12/h4-5,7,9-10,16H,6,8H2,1-3H3,(H,22,23). The Hall–Kier alpha value is -3.76. The Balaban J connectivity index is 1.59. The first-order valence-electron chi connectivity index (χ1n) is 9.75. The van der Waals surface area contributed by atoms with E-state index >= 15 is 0 Å². The summed E-state index contributed by atoms with van der Waals surface area (Å²) >= 11 is 0. The van der Waals surface area contributed by atoms with Gasteiger partial charge in [-0.3, -0.25) is 4.79 Å². The minimum absolute atomic E-state index is 0.248. The molecule has 1 aliphatic rings. The molecule has 0 bridgehead atoms. The summed E-state index contributed by atoms with van der Waals surface area (Å²) in [6.45, 7) is 2.96. The summed E-state index contributed by atoms with van der Waals surface area (Å²) < 4.78 is 26.6. The van der Waals surface area contributed by atoms with E-state index in [9.17, 15) is 9.18 Å². The number of rotatable bonds is 4. The molecular weight excluding hydrogens is 405 g/mol. The van der Waals surface area contributed by atoms with Crippen molar-refractivity contribution in [2.24, 2.45) is 0 Å². The van der Waals surface area contributed by atoms with Crippen molar-refractivity contribution in [3.05, 3.63) is 59.6 Å². The van der Waals surface area contributed by atoms with Gasteiger partial charge in [0.25, 0.3) is 5.89 Å². The molecule has 1 unspecified atom stereocenters. The zero-order valence-electron chi connectivity index (χ0n) is 17.2. The Kier molecular flexibility index (Phi) is 4.27. The predicted octanol–water partition coefficient (Wildman–Crippen LogP) is 2.44. The number of aromatic amines is 1. The van der Waals surface area contributed by atoms with Gasteiger partial charge in [-0.2, -0.15) is 5.10 Å². The van der Waals surface area contributed by atoms with Gasteiger partial charge in [0, 0.05) is 24.9 Å². The first-order chi connectivity index (χ1) is 14.9. The van der Waals surface area contributed by atoms with Gasteiger partial charge in [0.1, 0.15) is 17.3 Å². The Morgan fingerprint density at radius 1 is 1.39 bits per heavy atom. The summed E-state index contributed by atoms with van der Waals surface area (Å²) in [6, 6.07) is 4.94. The summed E-state index contributed by atoms with van der Waals surface area (Å²) in [5.74, 6) is -0.372. The maximum atomic E-state index is 14.2. The van der Waals surface area contributed by atoms with Crippen molar-refractivity contribution in [2.75, 3.05) is 13.7 Å². The van der Waals surface area contributed by atoms with Crippen LogP contribution in [-0.2, 0) is 12.1 Å². The summed E-state index contributed by atoms with van der Waals surface area (Å²) in [5.41, 5.74) is 1.13. The lowest BCUT2D eigenvalue weighted by Gasteiger charge is -2.32. The molecule has 1 amide bonds. The number of amides is 1. The van der Waals surface area contributed by atoms with Crippen LogP contribution in [0.4, 0.5) is 4.39 Å². The number of imidazole rings is 1. The van der Waals surface area contributed by atoms with E-state index in [0.29, 0.717) is 30.1 Å². The van der Waals surface area contributed by atoms with Crippen LogP contribution in [0.1, 0.15) is 53.5 Å². The first-order valence-corrected chi connectivity index (χ1v) is 9.75. The van der Waals surface area contributed by atoms with Crippen LogP contribution in [0.3, 0.4) is 0 Å². The molecule has 5 heterocycles. The maximum Gasteiger partial charge on any atom is 0.312 e. The Morgan fingerprint density at radius 3 is 2.97 bits per heavy atom. The molecule has 5 rings (SSSR count). The number of H-pyrrole nitrogens is 1. The molecule has 10 nitrogen and oxygen atoms in total. The second-order valence-electron chi connectivity index (χ2n) is 7.78. The highest BCUT2D eigenvalue weighted by atomic mass is 19.1. The van der Waals surface area contributed by atoms with Gasteiger partial charge < -0.3 is 19.0 Å². The zero-order chi connectivity index (χ0) is 21.8. The number of alkyl halides is 1. The number of methoxy groups -OCH3 is 1. The maximum absolute atomic E-state index is 14.2. The van der Waals surface area contributed by atoms with E-state index in [-0.39, 0.29) is 11.8 Å². The molecule has 1 atom stereocenters. The van der Waals surface area contributed by atoms with E-state index in [4.69, 9.17) is 9.15 Å². The van der Waals surface area contributed by atoms with Gasteiger partial charge in [0.2, 0.25) is 0 Å². The molecule has 0 fully saturated rings. The molecule has 31 heavy (non-hydrogen) atoms. The van der Waals surface area contributed by atoms with Crippen molar-refractivity contribution in [3.63, 3.8) is 0 Å². The van der Waals surface area contributed by atoms with Crippen LogP contribution in [0.25, 0.3) is 5.52 Å². The SMILES string of the molecule is COc1cccn2nc(C3c4nc[nH]c4CCN3C(=O)c3nnc(C(C)(C)F)o3)cc12. The molecule has 0 aliphatic carbocycles. The quantitative estimate of drug-likeness (QED) is 0.534. The number of carbonyl (C=O) groups is 1. The molecule has 0 aromatic carbocycles. The summed E-state index contributed by atoms with van der Waals surface area (Å²) in [4.78, 5) is 22.4. The third-order valence-corrected chi connectivity index (χ3v) is 5.28. The van der Waals surface area contributed by atoms with Gasteiger partial charge in [-0.1, -0.05) is 0 Å². The molecule has 0 spiro atoms. The van der Waals surface area contributed by atoms with E-state index in [1.54, 1.807) is 29.0 Å². The highest BCUT2D eigenvalue weighted by Crippen LogP contribution is 2.35. The van der Waals surface area contributed by atoms with Crippen LogP contribution in [0.15, 0.2) is 35.1 Å². The molecule has 1 aliphatic heterocycles. The van der Waals surface area contributed by atoms with E-state index in [2.05, 4.69) is 25.3 Å². The highest BCUT2D eigenvalue weighted by molar-refractivity contribution is 5.90. The van der Waals surface area contributed by atoms with Crippen molar-refractivity contribution in [1.82, 2.24) is 34.7 Å². The fourth-order valence-corrected chi connectivity index (χ4v) is 3.78. The number of pyridine rings is 1. The van der Waals surface area contributed by atoms with Crippen molar-refractivity contribution < 1.29 is 18.3 Å². The first kappa shape index (κ1) is 19.2. The van der Waals surface area contributed by atoms with Gasteiger partial charge in [0.15, 0.2) is 5.67 Å². The molecule has 0 saturated heterocycles. The minimum atomic E-state index is -1.85. The number of hydrogen-bond acceptors (Lipinski definition) is 7. The minimum Gasteiger partial charge on any atom is -0.494 e. The third-order valence-electron chi connectivity index (χ3n) is 5.28. The lowest BCUT2D eigenvalue weighted by atomic mass is 9.99. The van der Waals surface area contributed by atoms with Crippen LogP contribution in [-0.4, -0.2) is 54.2 Å². The highest BCUT2D eigenvalue weighted by Gasteiger charge is 2.39. The molecule has 4 aromatic rings. The fourth-order valence-electron chi connectivity index (χ4n) is 3.78. The van der Waals surface area contributed by atoms with E-state index < -0.39 is 17.6 Å². The van der Waals surface area contributed by atoms with Gasteiger partial charge in [-0.25, -0.2) is 13.9 Å². The number of nitrogens with one attached hydrogen (secondary N) is 1. The fraction of sp³-hybridized carbons (Fsp3) is 0.350. The largest absolute Gasteiger partial charge is 0.494 e. The second kappa shape index (κ2) is 6.89. The van der Waals surface area contributed by atoms with Gasteiger partial charge in [0.05, 0.1) is 24.8 Å². The van der Waals surface area contributed by atoms with Gasteiger partial charge in [-0.15, -0.1) is 10.2 Å². The van der Waals surface area contributed by atoms with E-state index in [1.807, 2.05) is 18.2 Å². The summed E-state index contributed by atoms with van der Waals surface area (Å²) in [6.07, 6.45) is 3.97. The average Bonchev–Trinajstić information content (AvgIpc) is 3.50. The number of hydrogen-bond donors (Lipinski definition) is 1. The Bertz CT molecular complexity index is 1270. The van der Waals surface area contributed by atoms with Gasteiger partial charge in [-0.05, 0) is 32.0 Å². The second-order valence-corrected chi connectivity index (χ2v) is 7.78. The molecule has 4 aromatic heterocycles. The Morgan fingerprint density at radius 2 is 2.23 bits per heavy atom. The number of carbonyl (C=O) groups excluding carboxylic acids is 1. The van der Waals surface area contributed by atoms with Crippen molar-refractivity contribution in [2.45, 2.75) is 32.0 Å². The zero-order valence-corrected chi connectivity index (χ0v) is 17.2. The number of ether oxygens (including phenoxy) is 1. The van der Waals surface area contributed by atoms with Crippen LogP contribution in [0.2, 0.25) is 0 Å². The number of nitrogens with zero attached hydrogens (tertiary/aromatic N) is 6. The van der Waals surface area contributed by atoms with E-state index in [0.717, 1.165) is 11.2 Å². The molecular formula is C20H20FN7O3. The monoisotopic (exact) mass is 425 g/mol. The number of fused-ring (bicyclic) bond motifs is 2. The third kappa shape index (κ3) is 3.13. The number of halogens is 1. The number of aromatic nitrogens is 6. The van der Waals surface area contributed by atoms with E-state index in [1.165, 1.54) is 13.8 Å². The van der Waals surface area contributed by atoms with Crippen LogP contribution in [0, 0.1) is 0 Å². The summed E-state index contributed by atoms with van der Waals surface area (Å²) in [7, 11) is 1.59. The summed E-state index contributed by atoms with van der Waals surface area (Å²) in [5, 5.41) is 12.1. The topological polar surface area (TPSA) is 114 Å². The lowest BCUT2D eigenvalue weighted by molar-refractivity contribution is 0.0636. The normalized spacial score (nSPS) is 16.5. The van der Waals surface area contributed by atoms with Crippen molar-refractivity contribution in [3.8, 4) is 5.75 Å². The Labute approximate surface area is 176 Å². The molecule has 0 radical (unpaired) electrons. The van der Waals surface area contributed by atoms with Crippen molar-refractivity contribution in [1.29, 1.82) is 0 Å². The molecule has 0 saturated carbocycles. The van der Waals surface area contributed by atoms with Crippen LogP contribution >= 0.6 is 0 Å². The van der Waals surface area contributed by atoms with Crippen LogP contribution < -0.4 is 4.74 Å².